The van der Waals surface area contributed by atoms with Crippen LogP contribution in [-0.4, -0.2) is 30.7 Å². The number of hydrogen-bond acceptors (Lipinski definition) is 3. The molecule has 2 saturated heterocycles. The zero-order valence-corrected chi connectivity index (χ0v) is 10.3. The van der Waals surface area contributed by atoms with Crippen LogP contribution < -0.4 is 10.2 Å². The zero-order valence-electron chi connectivity index (χ0n) is 8.79. The van der Waals surface area contributed by atoms with Gasteiger partial charge in [0.25, 0.3) is 0 Å². The number of hydrogen-bond donors (Lipinski definition) is 1. The van der Waals surface area contributed by atoms with Crippen molar-refractivity contribution >= 4 is 28.9 Å². The molecular weight excluding hydrogens is 245 g/mol. The molecule has 0 saturated carbocycles. The molecule has 3 rings (SSSR count). The first kappa shape index (κ1) is 10.6. The largest absolute Gasteiger partial charge is 0.369 e. The number of aromatic nitrogens is 1. The quantitative estimate of drug-likeness (QED) is 0.782. The van der Waals surface area contributed by atoms with Crippen molar-refractivity contribution in [2.24, 2.45) is 5.92 Å². The Hall–Kier alpha value is -0.510. The number of nitrogens with zero attached hydrogens (tertiary/aromatic N) is 2. The molecule has 3 nitrogen and oxygen atoms in total. The predicted octanol–water partition coefficient (Wildman–Crippen LogP) is 2.19. The first-order chi connectivity index (χ1) is 7.74. The molecule has 2 atom stereocenters. The maximum absolute atomic E-state index is 5.98. The molecule has 1 aromatic heterocycles. The van der Waals surface area contributed by atoms with E-state index in [0.29, 0.717) is 16.2 Å². The smallest absolute Gasteiger partial charge is 0.147 e. The van der Waals surface area contributed by atoms with Crippen molar-refractivity contribution in [3.8, 4) is 0 Å². The van der Waals surface area contributed by atoms with Crippen molar-refractivity contribution in [3.05, 3.63) is 22.4 Å². The maximum atomic E-state index is 5.98. The molecule has 1 N–H and O–H groups in total. The summed E-state index contributed by atoms with van der Waals surface area (Å²) in [5.74, 6) is 0.868. The fourth-order valence-electron chi connectivity index (χ4n) is 2.44. The van der Waals surface area contributed by atoms with Crippen molar-refractivity contribution in [3.63, 3.8) is 0 Å². The van der Waals surface area contributed by atoms with Crippen LogP contribution in [-0.2, 0) is 0 Å². The van der Waals surface area contributed by atoms with E-state index in [4.69, 9.17) is 23.2 Å². The molecule has 0 aromatic carbocycles. The Morgan fingerprint density at radius 3 is 2.94 bits per heavy atom. The molecule has 1 aromatic rings. The second-order valence-corrected chi connectivity index (χ2v) is 5.24. The Morgan fingerprint density at radius 1 is 1.44 bits per heavy atom. The lowest BCUT2D eigenvalue weighted by molar-refractivity contribution is 0.197. The summed E-state index contributed by atoms with van der Waals surface area (Å²) < 4.78 is 0. The molecule has 0 spiro atoms. The highest BCUT2D eigenvalue weighted by molar-refractivity contribution is 6.41. The van der Waals surface area contributed by atoms with E-state index in [-0.39, 0.29) is 0 Å². The molecule has 0 aliphatic carbocycles. The summed E-state index contributed by atoms with van der Waals surface area (Å²) in [5.41, 5.74) is 1.07. The van der Waals surface area contributed by atoms with Crippen LogP contribution in [0.5, 0.6) is 0 Å². The molecule has 5 heteroatoms. The maximum Gasteiger partial charge on any atom is 0.147 e. The lowest BCUT2D eigenvalue weighted by Crippen LogP contribution is -2.62. The topological polar surface area (TPSA) is 28.2 Å². The van der Waals surface area contributed by atoms with E-state index in [9.17, 15) is 0 Å². The van der Waals surface area contributed by atoms with Gasteiger partial charge in [0, 0.05) is 19.1 Å². The summed E-state index contributed by atoms with van der Waals surface area (Å²) in [6.45, 7) is 3.31. The van der Waals surface area contributed by atoms with E-state index < -0.39 is 0 Å². The summed E-state index contributed by atoms with van der Waals surface area (Å²) in [7, 11) is 0. The highest BCUT2D eigenvalue weighted by Gasteiger charge is 2.35. The lowest BCUT2D eigenvalue weighted by atomic mass is 9.85. The summed E-state index contributed by atoms with van der Waals surface area (Å²) in [6.07, 6.45) is 3.05. The first-order valence-corrected chi connectivity index (χ1v) is 6.29. The van der Waals surface area contributed by atoms with Crippen LogP contribution in [0, 0.1) is 5.92 Å². The van der Waals surface area contributed by atoms with Gasteiger partial charge in [-0.15, -0.1) is 0 Å². The van der Waals surface area contributed by atoms with Crippen molar-refractivity contribution in [1.29, 1.82) is 0 Å². The molecule has 86 valence electrons. The number of fused-ring (bicyclic) bond motifs is 1. The van der Waals surface area contributed by atoms with Crippen molar-refractivity contribution in [1.82, 2.24) is 10.3 Å². The van der Waals surface area contributed by atoms with E-state index in [0.717, 1.165) is 24.7 Å². The Kier molecular flexibility index (Phi) is 2.70. The number of piperidine rings is 1. The average molecular weight is 258 g/mol. The van der Waals surface area contributed by atoms with E-state index in [2.05, 4.69) is 15.2 Å². The molecule has 0 bridgehead atoms. The Morgan fingerprint density at radius 2 is 2.31 bits per heavy atom. The third-order valence-electron chi connectivity index (χ3n) is 3.55. The van der Waals surface area contributed by atoms with Gasteiger partial charge in [-0.2, -0.15) is 0 Å². The fraction of sp³-hybridized carbons (Fsp3) is 0.545. The molecule has 3 heterocycles. The van der Waals surface area contributed by atoms with Gasteiger partial charge in [-0.05, 0) is 24.9 Å². The average Bonchev–Trinajstić information content (AvgIpc) is 2.24. The Bertz CT molecular complexity index is 410. The molecule has 2 fully saturated rings. The monoisotopic (exact) mass is 257 g/mol. The van der Waals surface area contributed by atoms with Gasteiger partial charge in [-0.3, -0.25) is 0 Å². The standard InChI is InChI=1S/C11H13Cl2N3/c12-9-3-8(5-15-11(9)13)16-2-1-7-4-14-10(7)6-16/h3,5,7,10,14H,1-2,4,6H2/t7-,10-/m0/s1. The molecule has 2 aliphatic rings. The van der Waals surface area contributed by atoms with Crippen molar-refractivity contribution in [2.45, 2.75) is 12.5 Å². The zero-order chi connectivity index (χ0) is 11.1. The van der Waals surface area contributed by atoms with Gasteiger partial charge in [0.15, 0.2) is 0 Å². The molecule has 0 radical (unpaired) electrons. The second kappa shape index (κ2) is 4.06. The van der Waals surface area contributed by atoms with E-state index in [1.807, 2.05) is 6.07 Å². The summed E-state index contributed by atoms with van der Waals surface area (Å²) >= 11 is 11.8. The Balaban J connectivity index is 1.78. The second-order valence-electron chi connectivity index (χ2n) is 4.48. The minimum atomic E-state index is 0.377. The van der Waals surface area contributed by atoms with Crippen molar-refractivity contribution in [2.75, 3.05) is 24.5 Å². The summed E-state index contributed by atoms with van der Waals surface area (Å²) in [5, 5.41) is 4.36. The number of pyridine rings is 1. The van der Waals surface area contributed by atoms with Gasteiger partial charge in [0.1, 0.15) is 5.15 Å². The third-order valence-corrected chi connectivity index (χ3v) is 4.23. The van der Waals surface area contributed by atoms with Crippen LogP contribution in [0.2, 0.25) is 10.2 Å². The minimum Gasteiger partial charge on any atom is -0.369 e. The first-order valence-electron chi connectivity index (χ1n) is 5.53. The third kappa shape index (κ3) is 1.77. The molecular formula is C11H13Cl2N3. The normalized spacial score (nSPS) is 28.5. The molecule has 0 unspecified atom stereocenters. The van der Waals surface area contributed by atoms with E-state index in [1.165, 1.54) is 13.0 Å². The van der Waals surface area contributed by atoms with Crippen LogP contribution in [0.15, 0.2) is 12.3 Å². The van der Waals surface area contributed by atoms with Crippen LogP contribution in [0.25, 0.3) is 0 Å². The predicted molar refractivity (Wildman–Crippen MR) is 66.4 cm³/mol. The summed E-state index contributed by atoms with van der Waals surface area (Å²) in [6, 6.07) is 2.54. The number of anilines is 1. The van der Waals surface area contributed by atoms with E-state index >= 15 is 0 Å². The SMILES string of the molecule is Clc1cc(N2CC[C@H]3CN[C@H]3C2)cnc1Cl. The van der Waals surface area contributed by atoms with Gasteiger partial charge in [0.05, 0.1) is 16.9 Å². The van der Waals surface area contributed by atoms with Gasteiger partial charge in [0.2, 0.25) is 0 Å². The van der Waals surface area contributed by atoms with Crippen LogP contribution in [0.1, 0.15) is 6.42 Å². The van der Waals surface area contributed by atoms with Gasteiger partial charge < -0.3 is 10.2 Å². The highest BCUT2D eigenvalue weighted by Crippen LogP contribution is 2.30. The van der Waals surface area contributed by atoms with E-state index in [1.54, 1.807) is 6.20 Å². The molecule has 2 aliphatic heterocycles. The van der Waals surface area contributed by atoms with Crippen LogP contribution in [0.3, 0.4) is 0 Å². The number of halogens is 2. The van der Waals surface area contributed by atoms with Gasteiger partial charge in [-0.25, -0.2) is 4.98 Å². The van der Waals surface area contributed by atoms with Gasteiger partial charge in [-0.1, -0.05) is 23.2 Å². The van der Waals surface area contributed by atoms with Gasteiger partial charge >= 0.3 is 0 Å². The molecule has 16 heavy (non-hydrogen) atoms. The number of rotatable bonds is 1. The number of nitrogens with one attached hydrogen (secondary N) is 1. The van der Waals surface area contributed by atoms with Crippen LogP contribution >= 0.6 is 23.2 Å². The Labute approximate surface area is 105 Å². The minimum absolute atomic E-state index is 0.377. The fourth-order valence-corrected chi connectivity index (χ4v) is 2.70. The van der Waals surface area contributed by atoms with Crippen LogP contribution in [0.4, 0.5) is 5.69 Å². The highest BCUT2D eigenvalue weighted by atomic mass is 35.5. The molecule has 0 amide bonds. The summed E-state index contributed by atoms with van der Waals surface area (Å²) in [4.78, 5) is 6.41. The lowest BCUT2D eigenvalue weighted by Gasteiger charge is -2.47. The van der Waals surface area contributed by atoms with Crippen molar-refractivity contribution < 1.29 is 0 Å².